The van der Waals surface area contributed by atoms with Gasteiger partial charge in [0.2, 0.25) is 5.91 Å². The predicted octanol–water partition coefficient (Wildman–Crippen LogP) is 1.79. The Labute approximate surface area is 164 Å². The Bertz CT molecular complexity index is 853. The van der Waals surface area contributed by atoms with Crippen molar-refractivity contribution in [3.8, 4) is 0 Å². The molecule has 1 aromatic carbocycles. The molecule has 3 rings (SSSR count). The monoisotopic (exact) mass is 386 g/mol. The summed E-state index contributed by atoms with van der Waals surface area (Å²) >= 11 is 0. The lowest BCUT2D eigenvalue weighted by molar-refractivity contribution is -0.386. The minimum absolute atomic E-state index is 0.0407. The van der Waals surface area contributed by atoms with Crippen LogP contribution in [0.15, 0.2) is 24.3 Å². The van der Waals surface area contributed by atoms with E-state index in [1.54, 1.807) is 13.8 Å². The molecule has 1 aromatic heterocycles. The number of piperazine rings is 1. The average Bonchev–Trinajstić information content (AvgIpc) is 2.92. The van der Waals surface area contributed by atoms with Gasteiger partial charge in [-0.15, -0.1) is 0 Å². The van der Waals surface area contributed by atoms with Crippen LogP contribution in [0.5, 0.6) is 0 Å². The van der Waals surface area contributed by atoms with Crippen LogP contribution in [0.2, 0.25) is 0 Å². The standard InChI is InChI=1S/C19H26N6O3/c1-14-19(25(27)28)15(2)24(21-14)13-18(26)20-17-6-4-16(5-7-17)12-23-10-8-22(3)9-11-23/h4-7H,8-13H2,1-3H3,(H,20,26). The van der Waals surface area contributed by atoms with Gasteiger partial charge in [0.25, 0.3) is 0 Å². The molecule has 0 radical (unpaired) electrons. The Morgan fingerprint density at radius 1 is 1.18 bits per heavy atom. The van der Waals surface area contributed by atoms with Crippen molar-refractivity contribution >= 4 is 17.3 Å². The zero-order valence-corrected chi connectivity index (χ0v) is 16.5. The van der Waals surface area contributed by atoms with Crippen molar-refractivity contribution in [3.63, 3.8) is 0 Å². The molecule has 1 aliphatic rings. The highest BCUT2D eigenvalue weighted by Gasteiger charge is 2.22. The number of likely N-dealkylation sites (N-methyl/N-ethyl adjacent to an activating group) is 1. The molecule has 150 valence electrons. The molecular weight excluding hydrogens is 360 g/mol. The van der Waals surface area contributed by atoms with E-state index in [4.69, 9.17) is 0 Å². The van der Waals surface area contributed by atoms with Gasteiger partial charge in [0.1, 0.15) is 17.9 Å². The molecule has 1 aliphatic heterocycles. The van der Waals surface area contributed by atoms with Gasteiger partial charge < -0.3 is 10.2 Å². The number of nitro groups is 1. The summed E-state index contributed by atoms with van der Waals surface area (Å²) in [4.78, 5) is 27.7. The minimum Gasteiger partial charge on any atom is -0.324 e. The van der Waals surface area contributed by atoms with Crippen LogP contribution in [0, 0.1) is 24.0 Å². The topological polar surface area (TPSA) is 96.5 Å². The van der Waals surface area contributed by atoms with Crippen molar-refractivity contribution in [3.05, 3.63) is 51.3 Å². The second-order valence-electron chi connectivity index (χ2n) is 7.26. The lowest BCUT2D eigenvalue weighted by Crippen LogP contribution is -2.43. The van der Waals surface area contributed by atoms with Crippen LogP contribution in [0.1, 0.15) is 17.0 Å². The smallest absolute Gasteiger partial charge is 0.312 e. The van der Waals surface area contributed by atoms with Crippen LogP contribution in [0.3, 0.4) is 0 Å². The number of hydrogen-bond donors (Lipinski definition) is 1. The van der Waals surface area contributed by atoms with E-state index in [1.165, 1.54) is 10.2 Å². The predicted molar refractivity (Wildman–Crippen MR) is 106 cm³/mol. The fraction of sp³-hybridized carbons (Fsp3) is 0.474. The molecule has 0 saturated carbocycles. The van der Waals surface area contributed by atoms with Gasteiger partial charge in [-0.25, -0.2) is 0 Å². The molecule has 9 heteroatoms. The average molecular weight is 386 g/mol. The van der Waals surface area contributed by atoms with E-state index in [9.17, 15) is 14.9 Å². The van der Waals surface area contributed by atoms with Gasteiger partial charge in [-0.3, -0.25) is 24.5 Å². The summed E-state index contributed by atoms with van der Waals surface area (Å²) in [5, 5.41) is 18.0. The maximum absolute atomic E-state index is 12.3. The Morgan fingerprint density at radius 2 is 1.82 bits per heavy atom. The van der Waals surface area contributed by atoms with Crippen molar-refractivity contribution in [1.82, 2.24) is 19.6 Å². The molecule has 0 atom stereocenters. The molecule has 1 saturated heterocycles. The molecular formula is C19H26N6O3. The van der Waals surface area contributed by atoms with Gasteiger partial charge in [-0.2, -0.15) is 5.10 Å². The SMILES string of the molecule is Cc1nn(CC(=O)Nc2ccc(CN3CCN(C)CC3)cc2)c(C)c1[N+](=O)[O-]. The van der Waals surface area contributed by atoms with Gasteiger partial charge in [0.15, 0.2) is 0 Å². The molecule has 0 spiro atoms. The normalized spacial score (nSPS) is 15.5. The zero-order chi connectivity index (χ0) is 20.3. The maximum Gasteiger partial charge on any atom is 0.312 e. The number of nitrogens with one attached hydrogen (secondary N) is 1. The van der Waals surface area contributed by atoms with E-state index >= 15 is 0 Å². The molecule has 0 bridgehead atoms. The highest BCUT2D eigenvalue weighted by Crippen LogP contribution is 2.21. The quantitative estimate of drug-likeness (QED) is 0.601. The Morgan fingerprint density at radius 3 is 2.39 bits per heavy atom. The summed E-state index contributed by atoms with van der Waals surface area (Å²) in [6, 6.07) is 7.80. The van der Waals surface area contributed by atoms with E-state index in [-0.39, 0.29) is 18.1 Å². The largest absolute Gasteiger partial charge is 0.324 e. The van der Waals surface area contributed by atoms with Crippen molar-refractivity contribution in [2.24, 2.45) is 0 Å². The number of nitrogens with zero attached hydrogens (tertiary/aromatic N) is 5. The third-order valence-electron chi connectivity index (χ3n) is 5.06. The fourth-order valence-corrected chi connectivity index (χ4v) is 3.40. The van der Waals surface area contributed by atoms with Crippen LogP contribution in [0.25, 0.3) is 0 Å². The van der Waals surface area contributed by atoms with Crippen LogP contribution >= 0.6 is 0 Å². The fourth-order valence-electron chi connectivity index (χ4n) is 3.40. The second-order valence-corrected chi connectivity index (χ2v) is 7.26. The van der Waals surface area contributed by atoms with E-state index in [0.29, 0.717) is 17.1 Å². The third kappa shape index (κ3) is 4.73. The highest BCUT2D eigenvalue weighted by atomic mass is 16.6. The summed E-state index contributed by atoms with van der Waals surface area (Å²) in [6.45, 7) is 8.28. The Balaban J connectivity index is 1.56. The number of benzene rings is 1. The molecule has 28 heavy (non-hydrogen) atoms. The van der Waals surface area contributed by atoms with Crippen LogP contribution in [-0.4, -0.2) is 63.6 Å². The first-order valence-electron chi connectivity index (χ1n) is 9.31. The van der Waals surface area contributed by atoms with Crippen molar-refractivity contribution in [2.45, 2.75) is 26.9 Å². The first-order valence-corrected chi connectivity index (χ1v) is 9.31. The minimum atomic E-state index is -0.467. The van der Waals surface area contributed by atoms with Crippen LogP contribution < -0.4 is 5.32 Å². The number of carbonyl (C=O) groups is 1. The van der Waals surface area contributed by atoms with E-state index in [1.807, 2.05) is 24.3 Å². The number of carbonyl (C=O) groups excluding carboxylic acids is 1. The highest BCUT2D eigenvalue weighted by molar-refractivity contribution is 5.90. The molecule has 0 unspecified atom stereocenters. The molecule has 0 aliphatic carbocycles. The number of rotatable bonds is 6. The zero-order valence-electron chi connectivity index (χ0n) is 16.5. The third-order valence-corrected chi connectivity index (χ3v) is 5.06. The van der Waals surface area contributed by atoms with Crippen molar-refractivity contribution in [2.75, 3.05) is 38.5 Å². The Kier molecular flexibility index (Phi) is 6.05. The van der Waals surface area contributed by atoms with Crippen LogP contribution in [0.4, 0.5) is 11.4 Å². The first-order chi connectivity index (χ1) is 13.3. The van der Waals surface area contributed by atoms with Crippen molar-refractivity contribution < 1.29 is 9.72 Å². The lowest BCUT2D eigenvalue weighted by atomic mass is 10.2. The molecule has 1 N–H and O–H groups in total. The molecule has 1 fully saturated rings. The summed E-state index contributed by atoms with van der Waals surface area (Å²) in [6.07, 6.45) is 0. The van der Waals surface area contributed by atoms with Crippen LogP contribution in [-0.2, 0) is 17.9 Å². The number of aromatic nitrogens is 2. The number of anilines is 1. The number of aryl methyl sites for hydroxylation is 1. The van der Waals surface area contributed by atoms with E-state index in [2.05, 4.69) is 27.3 Å². The number of amides is 1. The van der Waals surface area contributed by atoms with Crippen molar-refractivity contribution in [1.29, 1.82) is 0 Å². The van der Waals surface area contributed by atoms with E-state index < -0.39 is 4.92 Å². The van der Waals surface area contributed by atoms with Gasteiger partial charge in [0.05, 0.1) is 4.92 Å². The molecule has 2 heterocycles. The maximum atomic E-state index is 12.3. The van der Waals surface area contributed by atoms with Gasteiger partial charge in [-0.05, 0) is 38.6 Å². The first kappa shape index (κ1) is 20.0. The van der Waals surface area contributed by atoms with Gasteiger partial charge in [-0.1, -0.05) is 12.1 Å². The second kappa shape index (κ2) is 8.49. The summed E-state index contributed by atoms with van der Waals surface area (Å²) in [5.74, 6) is -0.271. The molecule has 2 aromatic rings. The lowest BCUT2D eigenvalue weighted by Gasteiger charge is -2.32. The van der Waals surface area contributed by atoms with E-state index in [0.717, 1.165) is 32.7 Å². The Hall–Kier alpha value is -2.78. The van der Waals surface area contributed by atoms with Gasteiger partial charge in [0, 0.05) is 38.4 Å². The summed E-state index contributed by atoms with van der Waals surface area (Å²) in [5.41, 5.74) is 2.55. The number of hydrogen-bond acceptors (Lipinski definition) is 6. The molecule has 1 amide bonds. The van der Waals surface area contributed by atoms with Gasteiger partial charge >= 0.3 is 5.69 Å². The summed E-state index contributed by atoms with van der Waals surface area (Å²) < 4.78 is 1.37. The molecule has 9 nitrogen and oxygen atoms in total. The summed E-state index contributed by atoms with van der Waals surface area (Å²) in [7, 11) is 2.14.